The lowest BCUT2D eigenvalue weighted by Crippen LogP contribution is -2.22. The number of hydrogen-bond donors (Lipinski definition) is 1. The smallest absolute Gasteiger partial charge is 0.268 e. The summed E-state index contributed by atoms with van der Waals surface area (Å²) in [4.78, 5) is 23.4. The summed E-state index contributed by atoms with van der Waals surface area (Å²) in [7, 11) is 0. The molecule has 3 heterocycles. The third kappa shape index (κ3) is 3.17. The molecular formula is C16H10F2N4O2. The highest BCUT2D eigenvalue weighted by Gasteiger charge is 2.10. The summed E-state index contributed by atoms with van der Waals surface area (Å²) in [6.45, 7) is 0. The molecule has 0 bridgehead atoms. The number of aliphatic imine (C=N–C) groups is 1. The van der Waals surface area contributed by atoms with E-state index < -0.39 is 17.5 Å². The Morgan fingerprint density at radius 1 is 1.04 bits per heavy atom. The van der Waals surface area contributed by atoms with Gasteiger partial charge in [-0.05, 0) is 30.3 Å². The summed E-state index contributed by atoms with van der Waals surface area (Å²) < 4.78 is 27.3. The standard InChI is InChI=1S/C16H10F2N4O2/c17-12-3-1-5-14(20-12)19-9-10-11(23)7-8-22(16(10)24)15-6-2-4-13(18)21-15/h1-9,23H. The van der Waals surface area contributed by atoms with Gasteiger partial charge in [0, 0.05) is 12.4 Å². The molecule has 0 saturated heterocycles. The van der Waals surface area contributed by atoms with Gasteiger partial charge in [-0.15, -0.1) is 0 Å². The molecule has 8 heteroatoms. The number of hydrogen-bond acceptors (Lipinski definition) is 5. The van der Waals surface area contributed by atoms with E-state index in [1.165, 1.54) is 36.5 Å². The largest absolute Gasteiger partial charge is 0.507 e. The van der Waals surface area contributed by atoms with Gasteiger partial charge in [0.25, 0.3) is 5.56 Å². The zero-order chi connectivity index (χ0) is 17.1. The summed E-state index contributed by atoms with van der Waals surface area (Å²) in [5.74, 6) is -1.70. The molecule has 120 valence electrons. The first-order valence-electron chi connectivity index (χ1n) is 6.79. The second-order valence-electron chi connectivity index (χ2n) is 4.69. The fourth-order valence-corrected chi connectivity index (χ4v) is 1.98. The van der Waals surface area contributed by atoms with Crippen LogP contribution in [0.3, 0.4) is 0 Å². The van der Waals surface area contributed by atoms with E-state index >= 15 is 0 Å². The van der Waals surface area contributed by atoms with Gasteiger partial charge in [0.2, 0.25) is 11.9 Å². The van der Waals surface area contributed by atoms with Crippen molar-refractivity contribution >= 4 is 12.0 Å². The first-order valence-corrected chi connectivity index (χ1v) is 6.79. The molecule has 0 spiro atoms. The van der Waals surface area contributed by atoms with Crippen molar-refractivity contribution in [3.05, 3.63) is 76.5 Å². The van der Waals surface area contributed by atoms with Crippen LogP contribution in [0.4, 0.5) is 14.6 Å². The topological polar surface area (TPSA) is 80.4 Å². The van der Waals surface area contributed by atoms with Crippen LogP contribution in [0.2, 0.25) is 0 Å². The number of nitrogens with zero attached hydrogens (tertiary/aromatic N) is 4. The van der Waals surface area contributed by atoms with E-state index in [1.807, 2.05) is 0 Å². The molecule has 0 amide bonds. The van der Waals surface area contributed by atoms with Gasteiger partial charge in [-0.3, -0.25) is 9.36 Å². The Morgan fingerprint density at radius 3 is 2.46 bits per heavy atom. The van der Waals surface area contributed by atoms with E-state index in [0.29, 0.717) is 0 Å². The summed E-state index contributed by atoms with van der Waals surface area (Å²) in [5.41, 5.74) is -0.817. The highest BCUT2D eigenvalue weighted by Crippen LogP contribution is 2.14. The van der Waals surface area contributed by atoms with Crippen LogP contribution in [-0.4, -0.2) is 25.9 Å². The maximum Gasteiger partial charge on any atom is 0.268 e. The fourth-order valence-electron chi connectivity index (χ4n) is 1.98. The Balaban J connectivity index is 2.06. The summed E-state index contributed by atoms with van der Waals surface area (Å²) in [5, 5.41) is 9.86. The lowest BCUT2D eigenvalue weighted by atomic mass is 10.2. The van der Waals surface area contributed by atoms with E-state index in [9.17, 15) is 18.7 Å². The molecule has 3 rings (SSSR count). The van der Waals surface area contributed by atoms with Gasteiger partial charge >= 0.3 is 0 Å². The van der Waals surface area contributed by atoms with E-state index in [-0.39, 0.29) is 22.9 Å². The van der Waals surface area contributed by atoms with Crippen LogP contribution in [-0.2, 0) is 0 Å². The zero-order valence-electron chi connectivity index (χ0n) is 12.1. The van der Waals surface area contributed by atoms with E-state index in [0.717, 1.165) is 22.9 Å². The minimum atomic E-state index is -0.744. The van der Waals surface area contributed by atoms with E-state index in [2.05, 4.69) is 15.0 Å². The Kier molecular flexibility index (Phi) is 4.11. The maximum absolute atomic E-state index is 13.2. The third-order valence-electron chi connectivity index (χ3n) is 3.08. The number of aromatic nitrogens is 3. The highest BCUT2D eigenvalue weighted by atomic mass is 19.1. The van der Waals surface area contributed by atoms with Crippen LogP contribution in [0.15, 0.2) is 58.4 Å². The van der Waals surface area contributed by atoms with Crippen LogP contribution in [0.5, 0.6) is 5.75 Å². The van der Waals surface area contributed by atoms with E-state index in [1.54, 1.807) is 0 Å². The van der Waals surface area contributed by atoms with Crippen LogP contribution >= 0.6 is 0 Å². The lowest BCUT2D eigenvalue weighted by Gasteiger charge is -2.06. The first kappa shape index (κ1) is 15.5. The molecule has 0 aromatic carbocycles. The first-order chi connectivity index (χ1) is 11.5. The van der Waals surface area contributed by atoms with Gasteiger partial charge in [0.05, 0.1) is 0 Å². The summed E-state index contributed by atoms with van der Waals surface area (Å²) in [6, 6.07) is 9.24. The monoisotopic (exact) mass is 328 g/mol. The third-order valence-corrected chi connectivity index (χ3v) is 3.08. The number of halogens is 2. The Labute approximate surface area is 134 Å². The molecule has 0 aliphatic heterocycles. The average Bonchev–Trinajstić information content (AvgIpc) is 2.55. The molecule has 0 radical (unpaired) electrons. The Hall–Kier alpha value is -3.42. The Bertz CT molecular complexity index is 986. The van der Waals surface area contributed by atoms with Crippen molar-refractivity contribution in [2.45, 2.75) is 0 Å². The highest BCUT2D eigenvalue weighted by molar-refractivity contribution is 5.84. The zero-order valence-corrected chi connectivity index (χ0v) is 12.1. The quantitative estimate of drug-likeness (QED) is 0.591. The number of aromatic hydroxyl groups is 1. The lowest BCUT2D eigenvalue weighted by molar-refractivity contribution is 0.471. The second-order valence-corrected chi connectivity index (χ2v) is 4.69. The van der Waals surface area contributed by atoms with Crippen molar-refractivity contribution in [1.82, 2.24) is 14.5 Å². The number of rotatable bonds is 3. The van der Waals surface area contributed by atoms with Crippen molar-refractivity contribution < 1.29 is 13.9 Å². The van der Waals surface area contributed by atoms with Gasteiger partial charge in [-0.2, -0.15) is 8.78 Å². The molecule has 0 unspecified atom stereocenters. The maximum atomic E-state index is 13.2. The van der Waals surface area contributed by atoms with Crippen molar-refractivity contribution in [2.75, 3.05) is 0 Å². The molecule has 0 fully saturated rings. The van der Waals surface area contributed by atoms with Crippen molar-refractivity contribution in [3.8, 4) is 11.6 Å². The number of pyridine rings is 3. The minimum Gasteiger partial charge on any atom is -0.507 e. The molecule has 6 nitrogen and oxygen atoms in total. The van der Waals surface area contributed by atoms with E-state index in [4.69, 9.17) is 0 Å². The summed E-state index contributed by atoms with van der Waals surface area (Å²) >= 11 is 0. The van der Waals surface area contributed by atoms with Gasteiger partial charge < -0.3 is 5.11 Å². The van der Waals surface area contributed by atoms with Gasteiger partial charge in [-0.25, -0.2) is 15.0 Å². The molecule has 0 atom stereocenters. The van der Waals surface area contributed by atoms with Crippen LogP contribution < -0.4 is 5.56 Å². The molecule has 3 aromatic rings. The van der Waals surface area contributed by atoms with Crippen molar-refractivity contribution in [1.29, 1.82) is 0 Å². The fraction of sp³-hybridized carbons (Fsp3) is 0. The summed E-state index contributed by atoms with van der Waals surface area (Å²) in [6.07, 6.45) is 2.33. The molecule has 0 saturated carbocycles. The van der Waals surface area contributed by atoms with Crippen LogP contribution in [0.1, 0.15) is 5.56 Å². The normalized spacial score (nSPS) is 11.1. The molecule has 24 heavy (non-hydrogen) atoms. The predicted molar refractivity (Wildman–Crippen MR) is 82.9 cm³/mol. The average molecular weight is 328 g/mol. The second kappa shape index (κ2) is 6.37. The van der Waals surface area contributed by atoms with Gasteiger partial charge in [0.1, 0.15) is 17.1 Å². The SMILES string of the molecule is O=c1c(C=Nc2cccc(F)n2)c(O)ccn1-c1cccc(F)n1. The van der Waals surface area contributed by atoms with Crippen LogP contribution in [0, 0.1) is 11.9 Å². The molecule has 3 aromatic heterocycles. The van der Waals surface area contributed by atoms with Gasteiger partial charge in [0.15, 0.2) is 5.82 Å². The molecule has 0 aliphatic rings. The minimum absolute atomic E-state index is 0.0353. The predicted octanol–water partition coefficient (Wildman–Crippen LogP) is 2.36. The Morgan fingerprint density at radius 2 is 1.75 bits per heavy atom. The van der Waals surface area contributed by atoms with Crippen LogP contribution in [0.25, 0.3) is 5.82 Å². The van der Waals surface area contributed by atoms with Crippen molar-refractivity contribution in [2.24, 2.45) is 4.99 Å². The van der Waals surface area contributed by atoms with Gasteiger partial charge in [-0.1, -0.05) is 12.1 Å². The molecular weight excluding hydrogens is 318 g/mol. The molecule has 1 N–H and O–H groups in total. The van der Waals surface area contributed by atoms with Crippen molar-refractivity contribution in [3.63, 3.8) is 0 Å². The molecule has 0 aliphatic carbocycles.